The van der Waals surface area contributed by atoms with Gasteiger partial charge in [0.2, 0.25) is 5.91 Å². The van der Waals surface area contributed by atoms with E-state index >= 15 is 0 Å². The lowest BCUT2D eigenvalue weighted by molar-refractivity contribution is -0.119. The molecule has 0 unspecified atom stereocenters. The van der Waals surface area contributed by atoms with E-state index in [1.54, 1.807) is 22.9 Å². The quantitative estimate of drug-likeness (QED) is 0.258. The molecule has 2 heterocycles. The summed E-state index contributed by atoms with van der Waals surface area (Å²) in [6.45, 7) is 2.57. The lowest BCUT2D eigenvalue weighted by atomic mass is 9.94. The molecule has 0 radical (unpaired) electrons. The summed E-state index contributed by atoms with van der Waals surface area (Å²) >= 11 is 0. The van der Waals surface area contributed by atoms with Gasteiger partial charge in [-0.15, -0.1) is 5.10 Å². The number of aryl methyl sites for hydroxylation is 2. The van der Waals surface area contributed by atoms with E-state index in [1.165, 1.54) is 0 Å². The normalized spacial score (nSPS) is 11.6. The molecule has 4 rings (SSSR count). The van der Waals surface area contributed by atoms with Gasteiger partial charge in [0.25, 0.3) is 0 Å². The second kappa shape index (κ2) is 13.9. The Morgan fingerprint density at radius 1 is 0.846 bits per heavy atom. The van der Waals surface area contributed by atoms with Crippen LogP contribution < -0.4 is 11.0 Å². The van der Waals surface area contributed by atoms with Gasteiger partial charge in [0.15, 0.2) is 5.82 Å². The Balaban J connectivity index is 1.18. The molecule has 1 N–H and O–H groups in total. The maximum Gasteiger partial charge on any atom is 0.347 e. The van der Waals surface area contributed by atoms with Crippen LogP contribution in [-0.2, 0) is 35.4 Å². The minimum atomic E-state index is -0.341. The molecule has 0 spiro atoms. The second-order valence-corrected chi connectivity index (χ2v) is 9.70. The third kappa shape index (κ3) is 8.81. The molecule has 1 atom stereocenters. The van der Waals surface area contributed by atoms with Crippen molar-refractivity contribution in [1.82, 2.24) is 19.7 Å². The molecule has 4 aromatic rings. The molecule has 0 aliphatic rings. The highest BCUT2D eigenvalue weighted by Gasteiger charge is 2.13. The number of rotatable bonds is 13. The first kappa shape index (κ1) is 27.6. The van der Waals surface area contributed by atoms with Crippen LogP contribution in [0.1, 0.15) is 54.6 Å². The van der Waals surface area contributed by atoms with Crippen molar-refractivity contribution in [2.75, 3.05) is 5.32 Å². The maximum atomic E-state index is 12.5. The predicted molar refractivity (Wildman–Crippen MR) is 150 cm³/mol. The predicted octanol–water partition coefficient (Wildman–Crippen LogP) is 4.54. The van der Waals surface area contributed by atoms with E-state index in [1.807, 2.05) is 73.7 Å². The summed E-state index contributed by atoms with van der Waals surface area (Å²) in [5.41, 5.74) is 3.05. The highest BCUT2D eigenvalue weighted by molar-refractivity contribution is 5.91. The molecular formula is C31H33N5O3. The van der Waals surface area contributed by atoms with Gasteiger partial charge in [-0.05, 0) is 54.5 Å². The first-order valence-corrected chi connectivity index (χ1v) is 13.3. The summed E-state index contributed by atoms with van der Waals surface area (Å²) in [6, 6.07) is 24.8. The van der Waals surface area contributed by atoms with Crippen LogP contribution in [0.15, 0.2) is 89.9 Å². The molecule has 2 aromatic carbocycles. The Hall–Kier alpha value is -4.46. The van der Waals surface area contributed by atoms with Crippen molar-refractivity contribution >= 4 is 17.5 Å². The molecule has 1 amide bonds. The number of carbonyl (C=O) groups excluding carboxylic acids is 2. The topological polar surface area (TPSA) is 107 Å². The average Bonchev–Trinajstić information content (AvgIpc) is 2.94. The van der Waals surface area contributed by atoms with Gasteiger partial charge >= 0.3 is 5.69 Å². The van der Waals surface area contributed by atoms with Crippen LogP contribution >= 0.6 is 0 Å². The number of Topliss-reactive ketones (excluding diaryl/α,β-unsaturated/α-hetero) is 1. The minimum absolute atomic E-state index is 0.0684. The van der Waals surface area contributed by atoms with Crippen molar-refractivity contribution in [3.05, 3.63) is 118 Å². The largest absolute Gasteiger partial charge is 0.347 e. The van der Waals surface area contributed by atoms with Crippen molar-refractivity contribution in [2.24, 2.45) is 0 Å². The van der Waals surface area contributed by atoms with Gasteiger partial charge in [-0.3, -0.25) is 14.2 Å². The van der Waals surface area contributed by atoms with Crippen LogP contribution in [0.2, 0.25) is 0 Å². The monoisotopic (exact) mass is 523 g/mol. The first-order chi connectivity index (χ1) is 19.0. The second-order valence-electron chi connectivity index (χ2n) is 9.70. The Morgan fingerprint density at radius 3 is 2.28 bits per heavy atom. The van der Waals surface area contributed by atoms with Crippen molar-refractivity contribution in [3.63, 3.8) is 0 Å². The summed E-state index contributed by atoms with van der Waals surface area (Å²) in [6.07, 6.45) is 4.87. The number of unbranched alkanes of at least 4 members (excludes halogenated alkanes) is 1. The number of benzene rings is 2. The highest BCUT2D eigenvalue weighted by Crippen LogP contribution is 2.19. The fourth-order valence-electron chi connectivity index (χ4n) is 4.36. The molecule has 0 saturated carbocycles. The molecule has 2 aromatic heterocycles. The van der Waals surface area contributed by atoms with Crippen molar-refractivity contribution in [1.29, 1.82) is 0 Å². The number of nitrogens with one attached hydrogen (secondary N) is 1. The van der Waals surface area contributed by atoms with E-state index in [2.05, 4.69) is 20.5 Å². The number of aromatic nitrogens is 4. The molecule has 0 aliphatic heterocycles. The molecule has 200 valence electrons. The lowest BCUT2D eigenvalue weighted by Crippen LogP contribution is -2.24. The number of ketones is 1. The van der Waals surface area contributed by atoms with Gasteiger partial charge in [0.05, 0.1) is 17.8 Å². The van der Waals surface area contributed by atoms with E-state index in [4.69, 9.17) is 0 Å². The summed E-state index contributed by atoms with van der Waals surface area (Å²) in [4.78, 5) is 41.3. The average molecular weight is 524 g/mol. The van der Waals surface area contributed by atoms with Crippen LogP contribution in [-0.4, -0.2) is 31.4 Å². The molecular weight excluding hydrogens is 490 g/mol. The van der Waals surface area contributed by atoms with Crippen molar-refractivity contribution in [2.45, 2.75) is 57.9 Å². The van der Waals surface area contributed by atoms with Gasteiger partial charge in [0, 0.05) is 25.6 Å². The van der Waals surface area contributed by atoms with Crippen LogP contribution in [0.25, 0.3) is 0 Å². The molecule has 39 heavy (non-hydrogen) atoms. The third-order valence-electron chi connectivity index (χ3n) is 6.49. The summed E-state index contributed by atoms with van der Waals surface area (Å²) in [5.74, 6) is 0.474. The van der Waals surface area contributed by atoms with E-state index in [0.717, 1.165) is 29.7 Å². The highest BCUT2D eigenvalue weighted by atomic mass is 16.2. The number of nitrogens with zero attached hydrogens (tertiary/aromatic N) is 4. The first-order valence-electron chi connectivity index (χ1n) is 13.3. The molecule has 0 bridgehead atoms. The van der Waals surface area contributed by atoms with Crippen LogP contribution in [0.3, 0.4) is 0 Å². The minimum Gasteiger partial charge on any atom is -0.309 e. The van der Waals surface area contributed by atoms with Gasteiger partial charge in [0.1, 0.15) is 5.78 Å². The summed E-state index contributed by atoms with van der Waals surface area (Å²) < 4.78 is 1.57. The lowest BCUT2D eigenvalue weighted by Gasteiger charge is -2.11. The Morgan fingerprint density at radius 2 is 1.59 bits per heavy atom. The van der Waals surface area contributed by atoms with E-state index < -0.39 is 0 Å². The van der Waals surface area contributed by atoms with Crippen LogP contribution in [0, 0.1) is 0 Å². The SMILES string of the molecule is C[C@@H](CC(=O)Cc1ccn(CCCCc2ccc(NC(=O)Cc3ccccc3)nn2)c(=O)n1)c1ccccc1. The molecule has 0 saturated heterocycles. The summed E-state index contributed by atoms with van der Waals surface area (Å²) in [7, 11) is 0. The Labute approximate surface area is 228 Å². The number of anilines is 1. The smallest absolute Gasteiger partial charge is 0.309 e. The Kier molecular flexibility index (Phi) is 9.83. The van der Waals surface area contributed by atoms with E-state index in [9.17, 15) is 14.4 Å². The van der Waals surface area contributed by atoms with Gasteiger partial charge in [-0.1, -0.05) is 67.6 Å². The standard InChI is InChI=1S/C31H33N5O3/c1-23(25-12-6-3-7-13-25)20-28(37)22-27-17-19-36(31(39)32-27)18-9-8-14-26-15-16-29(35-34-26)33-30(38)21-24-10-4-2-5-11-24/h2-7,10-13,15-17,19,23H,8-9,14,18,20-22H2,1H3,(H,33,35,38)/t23-/m0/s1. The van der Waals surface area contributed by atoms with Crippen LogP contribution in [0.5, 0.6) is 0 Å². The maximum absolute atomic E-state index is 12.5. The van der Waals surface area contributed by atoms with Gasteiger partial charge in [-0.2, -0.15) is 10.1 Å². The zero-order valence-corrected chi connectivity index (χ0v) is 22.1. The van der Waals surface area contributed by atoms with Crippen molar-refractivity contribution in [3.8, 4) is 0 Å². The Bertz CT molecular complexity index is 1420. The fraction of sp³-hybridized carbons (Fsp3) is 0.290. The third-order valence-corrected chi connectivity index (χ3v) is 6.49. The molecule has 0 fully saturated rings. The number of amides is 1. The van der Waals surface area contributed by atoms with Crippen molar-refractivity contribution < 1.29 is 9.59 Å². The number of hydrogen-bond acceptors (Lipinski definition) is 6. The van der Waals surface area contributed by atoms with Gasteiger partial charge in [-0.25, -0.2) is 4.79 Å². The number of carbonyl (C=O) groups is 2. The van der Waals surface area contributed by atoms with Gasteiger partial charge < -0.3 is 5.32 Å². The molecule has 0 aliphatic carbocycles. The molecule has 8 nitrogen and oxygen atoms in total. The fourth-order valence-corrected chi connectivity index (χ4v) is 4.36. The van der Waals surface area contributed by atoms with E-state index in [-0.39, 0.29) is 36.1 Å². The summed E-state index contributed by atoms with van der Waals surface area (Å²) in [5, 5.41) is 11.1. The molecule has 8 heteroatoms. The van der Waals surface area contributed by atoms with Crippen LogP contribution in [0.4, 0.5) is 5.82 Å². The zero-order chi connectivity index (χ0) is 27.5. The zero-order valence-electron chi connectivity index (χ0n) is 22.1. The van der Waals surface area contributed by atoms with E-state index in [0.29, 0.717) is 30.9 Å². The number of hydrogen-bond donors (Lipinski definition) is 1.